The maximum atomic E-state index is 9.81. The molecule has 0 unspecified atom stereocenters. The van der Waals surface area contributed by atoms with Crippen molar-refractivity contribution in [2.75, 3.05) is 38.2 Å². The largest absolute Gasteiger partial charge is 0.311 e. The van der Waals surface area contributed by atoms with E-state index >= 15 is 0 Å². The Morgan fingerprint density at radius 2 is 2.08 bits per heavy atom. The first-order valence-corrected chi connectivity index (χ1v) is 8.28. The highest BCUT2D eigenvalue weighted by atomic mass is 35.5. The highest BCUT2D eigenvalue weighted by molar-refractivity contribution is 6.39. The summed E-state index contributed by atoms with van der Waals surface area (Å²) in [6.45, 7) is 1.93. The number of nitrogens with zero attached hydrogens (tertiary/aromatic N) is 4. The minimum Gasteiger partial charge on any atom is -0.311 e. The van der Waals surface area contributed by atoms with Gasteiger partial charge in [0.2, 0.25) is 5.96 Å². The van der Waals surface area contributed by atoms with Crippen LogP contribution in [-0.2, 0) is 4.84 Å². The molecule has 24 heavy (non-hydrogen) atoms. The molecule has 1 N–H and O–H groups in total. The summed E-state index contributed by atoms with van der Waals surface area (Å²) < 4.78 is 0. The van der Waals surface area contributed by atoms with Crippen LogP contribution in [0.2, 0.25) is 10.0 Å². The van der Waals surface area contributed by atoms with Gasteiger partial charge in [-0.05, 0) is 18.2 Å². The zero-order valence-electron chi connectivity index (χ0n) is 13.2. The molecule has 0 spiro atoms. The number of benzene rings is 1. The van der Waals surface area contributed by atoms with E-state index in [1.54, 1.807) is 23.3 Å². The van der Waals surface area contributed by atoms with Gasteiger partial charge in [-0.3, -0.25) is 15.1 Å². The second-order valence-corrected chi connectivity index (χ2v) is 6.17. The van der Waals surface area contributed by atoms with Crippen LogP contribution in [0.1, 0.15) is 0 Å². The van der Waals surface area contributed by atoms with Crippen molar-refractivity contribution in [1.29, 1.82) is 0 Å². The predicted octanol–water partition coefficient (Wildman–Crippen LogP) is 3.18. The summed E-state index contributed by atoms with van der Waals surface area (Å²) in [5.41, 5.74) is 1.36. The molecule has 2 aliphatic rings. The molecule has 2 heterocycles. The highest BCUT2D eigenvalue weighted by Crippen LogP contribution is 2.33. The van der Waals surface area contributed by atoms with Crippen molar-refractivity contribution in [3.05, 3.63) is 52.2 Å². The van der Waals surface area contributed by atoms with Gasteiger partial charge in [0.1, 0.15) is 6.61 Å². The van der Waals surface area contributed by atoms with Gasteiger partial charge in [0.15, 0.2) is 0 Å². The first-order valence-electron chi connectivity index (χ1n) is 7.52. The third kappa shape index (κ3) is 3.52. The van der Waals surface area contributed by atoms with Crippen LogP contribution in [0, 0.1) is 0 Å². The maximum Gasteiger partial charge on any atom is 0.225 e. The molecule has 0 saturated carbocycles. The van der Waals surface area contributed by atoms with Gasteiger partial charge >= 0.3 is 0 Å². The van der Waals surface area contributed by atoms with E-state index in [4.69, 9.17) is 28.0 Å². The molecule has 1 aromatic rings. The van der Waals surface area contributed by atoms with Gasteiger partial charge in [-0.2, -0.15) is 0 Å². The normalized spacial score (nSPS) is 17.2. The summed E-state index contributed by atoms with van der Waals surface area (Å²) in [6.07, 6.45) is 5.56. The molecule has 0 amide bonds. The van der Waals surface area contributed by atoms with Crippen molar-refractivity contribution in [2.45, 2.75) is 0 Å². The van der Waals surface area contributed by atoms with Crippen LogP contribution in [0.5, 0.6) is 0 Å². The number of guanidine groups is 1. The van der Waals surface area contributed by atoms with Crippen LogP contribution >= 0.6 is 23.2 Å². The van der Waals surface area contributed by atoms with E-state index < -0.39 is 0 Å². The maximum absolute atomic E-state index is 9.81. The molecule has 128 valence electrons. The number of hydrogen-bond acceptors (Lipinski definition) is 6. The molecule has 0 radical (unpaired) electrons. The first kappa shape index (κ1) is 17.1. The standard InChI is InChI=1S/C16H18Cl2N4O2/c1-20(15-13(17)6-4-7-14(15)18)16-19-8-10-22(16)24-11-12-5-2-3-9-21(12)23/h2-7,23H,8-11H2,1H3. The van der Waals surface area contributed by atoms with E-state index in [0.29, 0.717) is 47.0 Å². The van der Waals surface area contributed by atoms with Crippen molar-refractivity contribution >= 4 is 34.8 Å². The lowest BCUT2D eigenvalue weighted by atomic mass is 10.3. The first-order chi connectivity index (χ1) is 11.6. The summed E-state index contributed by atoms with van der Waals surface area (Å²) in [6, 6.07) is 5.36. The quantitative estimate of drug-likeness (QED) is 0.884. The Morgan fingerprint density at radius 3 is 2.79 bits per heavy atom. The van der Waals surface area contributed by atoms with Crippen molar-refractivity contribution in [3.8, 4) is 0 Å². The second kappa shape index (κ2) is 7.44. The fourth-order valence-electron chi connectivity index (χ4n) is 2.53. The van der Waals surface area contributed by atoms with Gasteiger partial charge < -0.3 is 4.90 Å². The van der Waals surface area contributed by atoms with E-state index in [-0.39, 0.29) is 6.61 Å². The fourth-order valence-corrected chi connectivity index (χ4v) is 3.19. The SMILES string of the molecule is CN(C1=NCCN1OCC1=CC=CCN1O)c1c(Cl)cccc1Cl. The summed E-state index contributed by atoms with van der Waals surface area (Å²) in [5, 5.41) is 13.7. The Bertz CT molecular complexity index is 685. The average molecular weight is 369 g/mol. The van der Waals surface area contributed by atoms with Crippen molar-refractivity contribution in [1.82, 2.24) is 10.1 Å². The van der Waals surface area contributed by atoms with Crippen LogP contribution in [-0.4, -0.2) is 54.6 Å². The minimum atomic E-state index is 0.240. The number of halogens is 2. The lowest BCUT2D eigenvalue weighted by Crippen LogP contribution is -2.41. The molecule has 0 atom stereocenters. The third-order valence-corrected chi connectivity index (χ3v) is 4.37. The molecule has 8 heteroatoms. The van der Waals surface area contributed by atoms with E-state index in [1.807, 2.05) is 30.2 Å². The van der Waals surface area contributed by atoms with Crippen LogP contribution in [0.4, 0.5) is 5.69 Å². The summed E-state index contributed by atoms with van der Waals surface area (Å²) >= 11 is 12.5. The number of rotatable bonds is 4. The number of aliphatic imine (C=N–C) groups is 1. The molecule has 3 rings (SSSR count). The van der Waals surface area contributed by atoms with E-state index in [1.165, 1.54) is 0 Å². The van der Waals surface area contributed by atoms with Crippen LogP contribution in [0.3, 0.4) is 0 Å². The Labute approximate surface area is 150 Å². The van der Waals surface area contributed by atoms with Crippen molar-refractivity contribution in [3.63, 3.8) is 0 Å². The molecular formula is C16H18Cl2N4O2. The third-order valence-electron chi connectivity index (χ3n) is 3.76. The van der Waals surface area contributed by atoms with Crippen molar-refractivity contribution in [2.24, 2.45) is 4.99 Å². The molecule has 0 fully saturated rings. The topological polar surface area (TPSA) is 51.5 Å². The molecule has 0 aliphatic carbocycles. The molecule has 2 aliphatic heterocycles. The Kier molecular flexibility index (Phi) is 5.30. The molecule has 1 aromatic carbocycles. The zero-order valence-corrected chi connectivity index (χ0v) is 14.7. The van der Waals surface area contributed by atoms with Gasteiger partial charge in [0.05, 0.1) is 41.1 Å². The van der Waals surface area contributed by atoms with E-state index in [9.17, 15) is 5.21 Å². The minimum absolute atomic E-state index is 0.240. The van der Waals surface area contributed by atoms with Gasteiger partial charge in [-0.15, -0.1) is 0 Å². The van der Waals surface area contributed by atoms with Gasteiger partial charge in [0, 0.05) is 7.05 Å². The van der Waals surface area contributed by atoms with Crippen LogP contribution in [0.15, 0.2) is 47.1 Å². The Balaban J connectivity index is 1.71. The number of hydrogen-bond donors (Lipinski definition) is 1. The second-order valence-electron chi connectivity index (χ2n) is 5.35. The zero-order chi connectivity index (χ0) is 17.1. The molecule has 6 nitrogen and oxygen atoms in total. The lowest BCUT2D eigenvalue weighted by molar-refractivity contribution is -0.115. The van der Waals surface area contributed by atoms with Crippen molar-refractivity contribution < 1.29 is 10.0 Å². The van der Waals surface area contributed by atoms with Gasteiger partial charge in [-0.25, -0.2) is 10.1 Å². The lowest BCUT2D eigenvalue weighted by Gasteiger charge is -2.29. The van der Waals surface area contributed by atoms with E-state index in [0.717, 1.165) is 5.06 Å². The van der Waals surface area contributed by atoms with Gasteiger partial charge in [-0.1, -0.05) is 41.4 Å². The Hall–Kier alpha value is -1.73. The Morgan fingerprint density at radius 1 is 1.33 bits per heavy atom. The van der Waals surface area contributed by atoms with Crippen LogP contribution < -0.4 is 4.90 Å². The van der Waals surface area contributed by atoms with Crippen LogP contribution in [0.25, 0.3) is 0 Å². The van der Waals surface area contributed by atoms with E-state index in [2.05, 4.69) is 4.99 Å². The highest BCUT2D eigenvalue weighted by Gasteiger charge is 2.26. The molecule has 0 saturated heterocycles. The summed E-state index contributed by atoms with van der Waals surface area (Å²) in [5.74, 6) is 0.626. The number of allylic oxidation sites excluding steroid dienone is 2. The molecule has 0 aromatic heterocycles. The average Bonchev–Trinajstić information content (AvgIpc) is 3.02. The fraction of sp³-hybridized carbons (Fsp3) is 0.312. The summed E-state index contributed by atoms with van der Waals surface area (Å²) in [7, 11) is 1.84. The molecule has 0 bridgehead atoms. The summed E-state index contributed by atoms with van der Waals surface area (Å²) in [4.78, 5) is 12.1. The number of para-hydroxylation sites is 1. The number of anilines is 1. The smallest absolute Gasteiger partial charge is 0.225 e. The molecular weight excluding hydrogens is 351 g/mol. The number of hydroxylamine groups is 4. The predicted molar refractivity (Wildman–Crippen MR) is 95.5 cm³/mol. The monoisotopic (exact) mass is 368 g/mol. The van der Waals surface area contributed by atoms with Gasteiger partial charge in [0.25, 0.3) is 0 Å².